The van der Waals surface area contributed by atoms with Gasteiger partial charge in [-0.15, -0.1) is 0 Å². The predicted octanol–water partition coefficient (Wildman–Crippen LogP) is 0.936. The number of nitrogens with one attached hydrogen (secondary N) is 1. The van der Waals surface area contributed by atoms with Gasteiger partial charge in [0.15, 0.2) is 0 Å². The number of aliphatic hydroxyl groups is 1. The van der Waals surface area contributed by atoms with Crippen molar-refractivity contribution < 1.29 is 23.0 Å². The number of halogens is 3. The van der Waals surface area contributed by atoms with E-state index in [1.54, 1.807) is 0 Å². The fourth-order valence-electron chi connectivity index (χ4n) is 0.851. The molecule has 0 aliphatic carbocycles. The third kappa shape index (κ3) is 2.04. The molecule has 0 aromatic heterocycles. The zero-order valence-corrected chi connectivity index (χ0v) is 6.06. The van der Waals surface area contributed by atoms with Crippen LogP contribution >= 0.6 is 0 Å². The third-order valence-corrected chi connectivity index (χ3v) is 1.43. The van der Waals surface area contributed by atoms with Gasteiger partial charge in [0.2, 0.25) is 6.10 Å². The summed E-state index contributed by atoms with van der Waals surface area (Å²) in [4.78, 5) is 0. The SMILES string of the molecule is O/C=C1\CNC[C@H](C(F)(F)F)O1. The van der Waals surface area contributed by atoms with Gasteiger partial charge in [0, 0.05) is 6.54 Å². The van der Waals surface area contributed by atoms with Crippen molar-refractivity contribution >= 4 is 0 Å². The summed E-state index contributed by atoms with van der Waals surface area (Å²) in [5, 5.41) is 10.8. The lowest BCUT2D eigenvalue weighted by atomic mass is 10.3. The molecule has 3 nitrogen and oxygen atoms in total. The van der Waals surface area contributed by atoms with Crippen LogP contribution in [0.15, 0.2) is 12.0 Å². The van der Waals surface area contributed by atoms with Gasteiger partial charge in [-0.05, 0) is 0 Å². The molecule has 1 aliphatic heterocycles. The van der Waals surface area contributed by atoms with E-state index in [2.05, 4.69) is 10.1 Å². The number of hydrogen-bond donors (Lipinski definition) is 2. The van der Waals surface area contributed by atoms with Crippen LogP contribution in [0.2, 0.25) is 0 Å². The summed E-state index contributed by atoms with van der Waals surface area (Å²) in [5.74, 6) is -0.0939. The van der Waals surface area contributed by atoms with Crippen LogP contribution in [0.1, 0.15) is 0 Å². The van der Waals surface area contributed by atoms with E-state index in [0.717, 1.165) is 0 Å². The Morgan fingerprint density at radius 2 is 2.25 bits per heavy atom. The molecule has 1 aliphatic rings. The number of alkyl halides is 3. The quantitative estimate of drug-likeness (QED) is 0.549. The smallest absolute Gasteiger partial charge is 0.426 e. The van der Waals surface area contributed by atoms with Crippen LogP contribution < -0.4 is 5.32 Å². The fraction of sp³-hybridized carbons (Fsp3) is 0.667. The first-order valence-corrected chi connectivity index (χ1v) is 3.31. The van der Waals surface area contributed by atoms with Gasteiger partial charge in [-0.3, -0.25) is 0 Å². The number of aliphatic hydroxyl groups excluding tert-OH is 1. The normalized spacial score (nSPS) is 28.6. The molecule has 12 heavy (non-hydrogen) atoms. The van der Waals surface area contributed by atoms with Gasteiger partial charge in [-0.1, -0.05) is 0 Å². The standard InChI is InChI=1S/C6H8F3NO2/c7-6(8,9)5-2-10-1-4(3-11)12-5/h3,5,10-11H,1-2H2/b4-3+/t5-/m1/s1. The zero-order chi connectivity index (χ0) is 9.19. The van der Waals surface area contributed by atoms with Crippen molar-refractivity contribution in [1.82, 2.24) is 5.32 Å². The van der Waals surface area contributed by atoms with E-state index in [1.807, 2.05) is 0 Å². The van der Waals surface area contributed by atoms with Gasteiger partial charge in [0.05, 0.1) is 6.54 Å². The van der Waals surface area contributed by atoms with Crippen molar-refractivity contribution in [3.05, 3.63) is 12.0 Å². The van der Waals surface area contributed by atoms with Crippen LogP contribution in [0, 0.1) is 0 Å². The lowest BCUT2D eigenvalue weighted by Crippen LogP contribution is -2.45. The number of hydrogen-bond acceptors (Lipinski definition) is 3. The van der Waals surface area contributed by atoms with Crippen LogP contribution in [0.4, 0.5) is 13.2 Å². The maximum absolute atomic E-state index is 12.0. The summed E-state index contributed by atoms with van der Waals surface area (Å²) in [6.45, 7) is -0.149. The molecule has 0 amide bonds. The second-order valence-corrected chi connectivity index (χ2v) is 2.37. The Bertz CT molecular complexity index is 190. The third-order valence-electron chi connectivity index (χ3n) is 1.43. The molecular weight excluding hydrogens is 175 g/mol. The molecule has 0 unspecified atom stereocenters. The first kappa shape index (κ1) is 9.18. The van der Waals surface area contributed by atoms with Crippen molar-refractivity contribution in [2.24, 2.45) is 0 Å². The van der Waals surface area contributed by atoms with Gasteiger partial charge < -0.3 is 15.2 Å². The second kappa shape index (κ2) is 3.22. The maximum Gasteiger partial charge on any atom is 0.426 e. The first-order chi connectivity index (χ1) is 5.54. The van der Waals surface area contributed by atoms with Crippen molar-refractivity contribution in [1.29, 1.82) is 0 Å². The van der Waals surface area contributed by atoms with Crippen LogP contribution in [0.3, 0.4) is 0 Å². The second-order valence-electron chi connectivity index (χ2n) is 2.37. The minimum absolute atomic E-state index is 0.0939. The number of morpholine rings is 1. The zero-order valence-electron chi connectivity index (χ0n) is 6.06. The van der Waals surface area contributed by atoms with Crippen molar-refractivity contribution in [2.45, 2.75) is 12.3 Å². The molecule has 0 saturated carbocycles. The summed E-state index contributed by atoms with van der Waals surface area (Å²) in [6, 6.07) is 0. The van der Waals surface area contributed by atoms with E-state index in [4.69, 9.17) is 5.11 Å². The van der Waals surface area contributed by atoms with Gasteiger partial charge in [0.1, 0.15) is 12.0 Å². The Morgan fingerprint density at radius 1 is 1.58 bits per heavy atom. The molecule has 1 rings (SSSR count). The van der Waals surface area contributed by atoms with Crippen LogP contribution in [-0.2, 0) is 4.74 Å². The summed E-state index contributed by atoms with van der Waals surface area (Å²) in [5.41, 5.74) is 0. The highest BCUT2D eigenvalue weighted by Gasteiger charge is 2.43. The summed E-state index contributed by atoms with van der Waals surface area (Å²) in [7, 11) is 0. The first-order valence-electron chi connectivity index (χ1n) is 3.31. The molecule has 0 radical (unpaired) electrons. The van der Waals surface area contributed by atoms with E-state index >= 15 is 0 Å². The molecule has 2 N–H and O–H groups in total. The van der Waals surface area contributed by atoms with E-state index in [9.17, 15) is 13.2 Å². The Kier molecular flexibility index (Phi) is 2.46. The Labute approximate surface area is 66.8 Å². The fourth-order valence-corrected chi connectivity index (χ4v) is 0.851. The summed E-state index contributed by atoms with van der Waals surface area (Å²) < 4.78 is 40.4. The highest BCUT2D eigenvalue weighted by Crippen LogP contribution is 2.25. The molecule has 1 fully saturated rings. The topological polar surface area (TPSA) is 41.5 Å². The molecule has 0 bridgehead atoms. The highest BCUT2D eigenvalue weighted by molar-refractivity contribution is 4.96. The molecule has 0 aromatic carbocycles. The largest absolute Gasteiger partial charge is 0.512 e. The Hall–Kier alpha value is -0.910. The number of rotatable bonds is 0. The van der Waals surface area contributed by atoms with Crippen LogP contribution in [0.5, 0.6) is 0 Å². The highest BCUT2D eigenvalue weighted by atomic mass is 19.4. The van der Waals surface area contributed by atoms with Crippen LogP contribution in [0.25, 0.3) is 0 Å². The minimum Gasteiger partial charge on any atom is -0.512 e. The Morgan fingerprint density at radius 3 is 2.75 bits per heavy atom. The number of ether oxygens (including phenoxy) is 1. The molecule has 1 heterocycles. The molecular formula is C6H8F3NO2. The van der Waals surface area contributed by atoms with Gasteiger partial charge in [0.25, 0.3) is 0 Å². The van der Waals surface area contributed by atoms with Crippen molar-refractivity contribution in [3.63, 3.8) is 0 Å². The molecule has 0 spiro atoms. The van der Waals surface area contributed by atoms with Crippen molar-refractivity contribution in [3.8, 4) is 0 Å². The average Bonchev–Trinajstić information content (AvgIpc) is 2.03. The summed E-state index contributed by atoms with van der Waals surface area (Å²) >= 11 is 0. The van der Waals surface area contributed by atoms with E-state index in [-0.39, 0.29) is 18.8 Å². The maximum atomic E-state index is 12.0. The van der Waals surface area contributed by atoms with E-state index < -0.39 is 12.3 Å². The molecule has 6 heteroatoms. The Balaban J connectivity index is 2.58. The van der Waals surface area contributed by atoms with Gasteiger partial charge in [-0.2, -0.15) is 13.2 Å². The van der Waals surface area contributed by atoms with Gasteiger partial charge >= 0.3 is 6.18 Å². The molecule has 1 saturated heterocycles. The predicted molar refractivity (Wildman–Crippen MR) is 34.5 cm³/mol. The lowest BCUT2D eigenvalue weighted by molar-refractivity contribution is -0.213. The monoisotopic (exact) mass is 183 g/mol. The minimum atomic E-state index is -4.39. The van der Waals surface area contributed by atoms with E-state index in [1.165, 1.54) is 0 Å². The lowest BCUT2D eigenvalue weighted by Gasteiger charge is -2.27. The molecule has 1 atom stereocenters. The van der Waals surface area contributed by atoms with Gasteiger partial charge in [-0.25, -0.2) is 0 Å². The average molecular weight is 183 g/mol. The van der Waals surface area contributed by atoms with E-state index in [0.29, 0.717) is 6.26 Å². The van der Waals surface area contributed by atoms with Crippen molar-refractivity contribution in [2.75, 3.05) is 13.1 Å². The van der Waals surface area contributed by atoms with Crippen LogP contribution in [-0.4, -0.2) is 30.5 Å². The molecule has 70 valence electrons. The molecule has 0 aromatic rings. The summed E-state index contributed by atoms with van der Waals surface area (Å²) in [6.07, 6.45) is -5.71.